The molecule has 2 aliphatic heterocycles. The highest BCUT2D eigenvalue weighted by atomic mass is 32.2. The van der Waals surface area contributed by atoms with Crippen molar-refractivity contribution in [3.8, 4) is 0 Å². The number of rotatable bonds is 3. The first kappa shape index (κ1) is 15.3. The van der Waals surface area contributed by atoms with E-state index in [1.165, 1.54) is 16.0 Å². The van der Waals surface area contributed by atoms with E-state index in [0.29, 0.717) is 5.70 Å². The van der Waals surface area contributed by atoms with Crippen molar-refractivity contribution in [3.63, 3.8) is 0 Å². The van der Waals surface area contributed by atoms with Gasteiger partial charge >= 0.3 is 0 Å². The van der Waals surface area contributed by atoms with Crippen LogP contribution in [-0.2, 0) is 22.4 Å². The van der Waals surface area contributed by atoms with Gasteiger partial charge in [0.1, 0.15) is 11.1 Å². The van der Waals surface area contributed by atoms with Crippen LogP contribution < -0.4 is 0 Å². The lowest BCUT2D eigenvalue weighted by molar-refractivity contribution is -0.153. The Morgan fingerprint density at radius 1 is 1.35 bits per heavy atom. The second-order valence-corrected chi connectivity index (χ2v) is 7.94. The number of thiol groups is 1. The van der Waals surface area contributed by atoms with Crippen LogP contribution in [0.2, 0.25) is 0 Å². The summed E-state index contributed by atoms with van der Waals surface area (Å²) in [5.74, 6) is -0.374. The molecule has 0 unspecified atom stereocenters. The van der Waals surface area contributed by atoms with E-state index in [0.717, 1.165) is 17.7 Å². The van der Waals surface area contributed by atoms with Gasteiger partial charge in [0, 0.05) is 10.8 Å². The van der Waals surface area contributed by atoms with Crippen molar-refractivity contribution in [3.05, 3.63) is 46.0 Å². The number of hydrogen-bond acceptors (Lipinski definition) is 4. The number of β-lactam (4-membered cyclic amide) rings is 1. The maximum Gasteiger partial charge on any atom is 0.236 e. The molecular weight excluding hydrogens is 330 g/mol. The van der Waals surface area contributed by atoms with Crippen LogP contribution in [0.5, 0.6) is 0 Å². The van der Waals surface area contributed by atoms with Crippen molar-refractivity contribution in [2.75, 3.05) is 0 Å². The standard InChI is InChI=1S/C17H17NO3S2/c1-8(19)12-15(20)18-13(17(21)22)14(23-16(12)18)11-6-9-4-2-3-5-10(9)7-11/h2-5,8,11-12,16,19H,6-7H2,1H3,(H,21,22)/t8-,12+,16+/m0/s1. The van der Waals surface area contributed by atoms with Gasteiger partial charge in [-0.2, -0.15) is 0 Å². The summed E-state index contributed by atoms with van der Waals surface area (Å²) in [4.78, 5) is 26.8. The summed E-state index contributed by atoms with van der Waals surface area (Å²) in [6.07, 6.45) is 1.07. The molecule has 3 aliphatic rings. The lowest BCUT2D eigenvalue weighted by atomic mass is 9.92. The van der Waals surface area contributed by atoms with E-state index in [4.69, 9.17) is 0 Å². The Kier molecular flexibility index (Phi) is 3.59. The van der Waals surface area contributed by atoms with Crippen molar-refractivity contribution < 1.29 is 14.7 Å². The second kappa shape index (κ2) is 5.40. The van der Waals surface area contributed by atoms with E-state index in [2.05, 4.69) is 24.8 Å². The van der Waals surface area contributed by atoms with E-state index < -0.39 is 12.0 Å². The zero-order chi connectivity index (χ0) is 16.3. The minimum Gasteiger partial charge on any atom is -0.392 e. The number of thioether (sulfide) groups is 1. The first-order valence-electron chi connectivity index (χ1n) is 7.71. The number of carbonyl (C=O) groups is 2. The molecule has 1 amide bonds. The summed E-state index contributed by atoms with van der Waals surface area (Å²) >= 11 is 5.56. The number of hydrogen-bond donors (Lipinski definition) is 2. The van der Waals surface area contributed by atoms with Crippen molar-refractivity contribution in [1.29, 1.82) is 0 Å². The van der Waals surface area contributed by atoms with Gasteiger partial charge in [0.05, 0.1) is 12.0 Å². The number of fused-ring (bicyclic) bond motifs is 2. The number of carbonyl (C=O) groups excluding carboxylic acids is 2. The maximum absolute atomic E-state index is 12.3. The normalized spacial score (nSPS) is 27.8. The number of aliphatic hydroxyl groups is 1. The Morgan fingerprint density at radius 3 is 2.48 bits per heavy atom. The first-order valence-corrected chi connectivity index (χ1v) is 9.03. The van der Waals surface area contributed by atoms with Gasteiger partial charge in [-0.25, -0.2) is 0 Å². The van der Waals surface area contributed by atoms with Crippen molar-refractivity contribution in [2.24, 2.45) is 11.8 Å². The molecule has 6 heteroatoms. The van der Waals surface area contributed by atoms with Gasteiger partial charge in [-0.3, -0.25) is 14.5 Å². The molecule has 0 spiro atoms. The van der Waals surface area contributed by atoms with Gasteiger partial charge in [-0.15, -0.1) is 11.8 Å². The molecule has 3 atom stereocenters. The lowest BCUT2D eigenvalue weighted by Crippen LogP contribution is -2.60. The monoisotopic (exact) mass is 347 g/mol. The van der Waals surface area contributed by atoms with Crippen LogP contribution in [0, 0.1) is 11.8 Å². The molecule has 1 aromatic carbocycles. The Bertz CT molecular complexity index is 718. The first-order chi connectivity index (χ1) is 11.0. The molecule has 1 aliphatic carbocycles. The fraction of sp³-hybridized carbons (Fsp3) is 0.412. The van der Waals surface area contributed by atoms with Crippen molar-refractivity contribution >= 4 is 35.4 Å². The number of benzene rings is 1. The zero-order valence-electron chi connectivity index (χ0n) is 12.6. The van der Waals surface area contributed by atoms with Gasteiger partial charge in [0.25, 0.3) is 0 Å². The minimum absolute atomic E-state index is 0.160. The molecular formula is C17H17NO3S2. The van der Waals surface area contributed by atoms with Crippen LogP contribution in [0.25, 0.3) is 0 Å². The molecule has 23 heavy (non-hydrogen) atoms. The summed E-state index contributed by atoms with van der Waals surface area (Å²) in [5.41, 5.74) is 3.05. The molecule has 0 bridgehead atoms. The fourth-order valence-corrected chi connectivity index (χ4v) is 5.87. The summed E-state index contributed by atoms with van der Waals surface area (Å²) in [7, 11) is 0. The quantitative estimate of drug-likeness (QED) is 0.648. The lowest BCUT2D eigenvalue weighted by Gasteiger charge is -2.43. The largest absolute Gasteiger partial charge is 0.392 e. The van der Waals surface area contributed by atoms with Gasteiger partial charge < -0.3 is 5.11 Å². The molecule has 2 heterocycles. The van der Waals surface area contributed by atoms with Crippen LogP contribution in [0.3, 0.4) is 0 Å². The summed E-state index contributed by atoms with van der Waals surface area (Å²) in [6, 6.07) is 8.30. The topological polar surface area (TPSA) is 57.6 Å². The Balaban J connectivity index is 1.67. The van der Waals surface area contributed by atoms with Crippen LogP contribution in [0.15, 0.2) is 34.9 Å². The molecule has 4 nitrogen and oxygen atoms in total. The third kappa shape index (κ3) is 2.19. The molecule has 1 saturated heterocycles. The molecule has 1 N–H and O–H groups in total. The molecule has 0 radical (unpaired) electrons. The third-order valence-electron chi connectivity index (χ3n) is 4.95. The van der Waals surface area contributed by atoms with Crippen molar-refractivity contribution in [2.45, 2.75) is 31.2 Å². The minimum atomic E-state index is -0.701. The molecule has 0 aromatic heterocycles. The highest BCUT2D eigenvalue weighted by molar-refractivity contribution is 8.04. The number of amides is 1. The Hall–Kier alpha value is -1.24. The average Bonchev–Trinajstić information content (AvgIpc) is 3.05. The zero-order valence-corrected chi connectivity index (χ0v) is 14.3. The predicted octanol–water partition coefficient (Wildman–Crippen LogP) is 1.98. The van der Waals surface area contributed by atoms with Crippen LogP contribution in [-0.4, -0.2) is 32.5 Å². The van der Waals surface area contributed by atoms with Crippen molar-refractivity contribution in [1.82, 2.24) is 4.90 Å². The number of aliphatic hydroxyl groups excluding tert-OH is 1. The summed E-state index contributed by atoms with van der Waals surface area (Å²) in [6.45, 7) is 1.63. The van der Waals surface area contributed by atoms with E-state index in [-0.39, 0.29) is 22.3 Å². The highest BCUT2D eigenvalue weighted by Crippen LogP contribution is 2.54. The smallest absolute Gasteiger partial charge is 0.236 e. The van der Waals surface area contributed by atoms with Gasteiger partial charge in [-0.1, -0.05) is 36.9 Å². The van der Waals surface area contributed by atoms with Gasteiger partial charge in [0.2, 0.25) is 11.0 Å². The van der Waals surface area contributed by atoms with E-state index in [1.807, 2.05) is 12.1 Å². The predicted molar refractivity (Wildman–Crippen MR) is 91.8 cm³/mol. The van der Waals surface area contributed by atoms with E-state index >= 15 is 0 Å². The van der Waals surface area contributed by atoms with Crippen LogP contribution in [0.4, 0.5) is 0 Å². The van der Waals surface area contributed by atoms with E-state index in [1.54, 1.807) is 18.7 Å². The second-order valence-electron chi connectivity index (χ2n) is 6.37. The maximum atomic E-state index is 12.3. The van der Waals surface area contributed by atoms with E-state index in [9.17, 15) is 14.7 Å². The highest BCUT2D eigenvalue weighted by Gasteiger charge is 2.57. The summed E-state index contributed by atoms with van der Waals surface area (Å²) < 4.78 is 0. The van der Waals surface area contributed by atoms with Crippen LogP contribution >= 0.6 is 24.4 Å². The molecule has 1 aromatic rings. The van der Waals surface area contributed by atoms with Crippen LogP contribution in [0.1, 0.15) is 18.1 Å². The summed E-state index contributed by atoms with van der Waals surface area (Å²) in [5, 5.41) is 9.31. The van der Waals surface area contributed by atoms with Gasteiger partial charge in [-0.05, 0) is 30.9 Å². The Morgan fingerprint density at radius 2 is 1.96 bits per heavy atom. The fourth-order valence-electron chi connectivity index (χ4n) is 3.84. The average molecular weight is 347 g/mol. The molecule has 120 valence electrons. The molecule has 1 fully saturated rings. The molecule has 0 saturated carbocycles. The number of allylic oxidation sites excluding steroid dienone is 1. The molecule has 4 rings (SSSR count). The Labute approximate surface area is 144 Å². The van der Waals surface area contributed by atoms with Gasteiger partial charge in [0.15, 0.2) is 0 Å². The number of nitrogens with zero attached hydrogens (tertiary/aromatic N) is 1. The SMILES string of the molecule is C[C@H](O)[C@@H]1C(=O)N2C(C(=O)S)=C(C3Cc4ccccc4C3)S[C@H]12. The third-order valence-corrected chi connectivity index (χ3v) is 6.69.